The largest absolute Gasteiger partial charge is 0.381 e. The van der Waals surface area contributed by atoms with E-state index < -0.39 is 0 Å². The van der Waals surface area contributed by atoms with E-state index in [1.165, 1.54) is 0 Å². The lowest BCUT2D eigenvalue weighted by Crippen LogP contribution is -2.40. The quantitative estimate of drug-likeness (QED) is 0.848. The number of nitrogens with zero attached hydrogens (tertiary/aromatic N) is 1. The van der Waals surface area contributed by atoms with Gasteiger partial charge in [-0.25, -0.2) is 0 Å². The number of benzene rings is 1. The number of carbonyl (C=O) groups is 2. The van der Waals surface area contributed by atoms with Crippen LogP contribution in [0.1, 0.15) is 24.8 Å². The highest BCUT2D eigenvalue weighted by molar-refractivity contribution is 5.84. The Labute approximate surface area is 160 Å². The smallest absolute Gasteiger partial charge is 0.227 e. The van der Waals surface area contributed by atoms with Gasteiger partial charge >= 0.3 is 0 Å². The number of nitrogens with one attached hydrogen (secondary N) is 1. The van der Waals surface area contributed by atoms with Crippen molar-refractivity contribution in [2.45, 2.75) is 37.8 Å². The minimum absolute atomic E-state index is 0.0217. The number of likely N-dealkylation sites (tertiary alicyclic amines) is 1. The molecule has 3 saturated heterocycles. The SMILES string of the molecule is O=C(NCC1CCOCC1)C1CN(C(=O)Cc2ccccc2)C2CCOC12. The van der Waals surface area contributed by atoms with E-state index in [-0.39, 0.29) is 29.9 Å². The fraction of sp³-hybridized carbons (Fsp3) is 0.619. The zero-order chi connectivity index (χ0) is 18.6. The van der Waals surface area contributed by atoms with Crippen molar-refractivity contribution in [2.75, 3.05) is 32.9 Å². The molecule has 3 fully saturated rings. The van der Waals surface area contributed by atoms with Gasteiger partial charge in [-0.05, 0) is 30.7 Å². The van der Waals surface area contributed by atoms with E-state index >= 15 is 0 Å². The van der Waals surface area contributed by atoms with E-state index in [0.29, 0.717) is 32.0 Å². The Morgan fingerprint density at radius 2 is 1.85 bits per heavy atom. The Kier molecular flexibility index (Phi) is 5.74. The third-order valence-electron chi connectivity index (χ3n) is 6.05. The van der Waals surface area contributed by atoms with Gasteiger partial charge in [0, 0.05) is 32.9 Å². The summed E-state index contributed by atoms with van der Waals surface area (Å²) in [4.78, 5) is 27.5. The predicted octanol–water partition coefficient (Wildman–Crippen LogP) is 1.39. The summed E-state index contributed by atoms with van der Waals surface area (Å²) in [6.45, 7) is 3.32. The number of carbonyl (C=O) groups excluding carboxylic acids is 2. The van der Waals surface area contributed by atoms with E-state index in [2.05, 4.69) is 5.32 Å². The van der Waals surface area contributed by atoms with Crippen LogP contribution in [0, 0.1) is 11.8 Å². The van der Waals surface area contributed by atoms with Crippen LogP contribution in [0.4, 0.5) is 0 Å². The number of fused-ring (bicyclic) bond motifs is 1. The molecule has 1 aromatic rings. The second-order valence-corrected chi connectivity index (χ2v) is 7.81. The lowest BCUT2D eigenvalue weighted by atomic mass is 9.98. The average Bonchev–Trinajstić information content (AvgIpc) is 3.30. The topological polar surface area (TPSA) is 67.9 Å². The van der Waals surface area contributed by atoms with Gasteiger partial charge in [0.25, 0.3) is 0 Å². The molecule has 0 aromatic heterocycles. The highest BCUT2D eigenvalue weighted by Crippen LogP contribution is 2.34. The summed E-state index contributed by atoms with van der Waals surface area (Å²) in [7, 11) is 0. The molecule has 1 N–H and O–H groups in total. The van der Waals surface area contributed by atoms with E-state index in [4.69, 9.17) is 9.47 Å². The first-order valence-electron chi connectivity index (χ1n) is 10.0. The molecule has 0 aliphatic carbocycles. The summed E-state index contributed by atoms with van der Waals surface area (Å²) in [5.41, 5.74) is 1.00. The van der Waals surface area contributed by atoms with Gasteiger partial charge < -0.3 is 19.7 Å². The number of hydrogen-bond donors (Lipinski definition) is 1. The normalized spacial score (nSPS) is 28.1. The van der Waals surface area contributed by atoms with Crippen molar-refractivity contribution in [3.8, 4) is 0 Å². The molecule has 0 bridgehead atoms. The maximum atomic E-state index is 12.9. The molecule has 1 aromatic carbocycles. The maximum Gasteiger partial charge on any atom is 0.227 e. The van der Waals surface area contributed by atoms with Crippen LogP contribution in [0.5, 0.6) is 0 Å². The number of amides is 2. The Balaban J connectivity index is 1.36. The molecule has 0 saturated carbocycles. The molecule has 146 valence electrons. The van der Waals surface area contributed by atoms with E-state index in [1.807, 2.05) is 35.2 Å². The van der Waals surface area contributed by atoms with Crippen molar-refractivity contribution in [3.05, 3.63) is 35.9 Å². The van der Waals surface area contributed by atoms with Crippen LogP contribution >= 0.6 is 0 Å². The van der Waals surface area contributed by atoms with Crippen LogP contribution in [0.15, 0.2) is 30.3 Å². The summed E-state index contributed by atoms with van der Waals surface area (Å²) in [6.07, 6.45) is 3.01. The maximum absolute atomic E-state index is 12.9. The van der Waals surface area contributed by atoms with Crippen molar-refractivity contribution >= 4 is 11.8 Å². The molecule has 3 unspecified atom stereocenters. The van der Waals surface area contributed by atoms with Gasteiger partial charge in [-0.2, -0.15) is 0 Å². The van der Waals surface area contributed by atoms with Crippen LogP contribution in [-0.4, -0.2) is 61.8 Å². The second-order valence-electron chi connectivity index (χ2n) is 7.81. The van der Waals surface area contributed by atoms with Gasteiger partial charge in [-0.3, -0.25) is 9.59 Å². The molecule has 27 heavy (non-hydrogen) atoms. The summed E-state index contributed by atoms with van der Waals surface area (Å²) >= 11 is 0. The molecule has 3 aliphatic rings. The third-order valence-corrected chi connectivity index (χ3v) is 6.05. The van der Waals surface area contributed by atoms with Gasteiger partial charge in [-0.15, -0.1) is 0 Å². The Bertz CT molecular complexity index is 659. The molecule has 3 atom stereocenters. The first kappa shape index (κ1) is 18.4. The van der Waals surface area contributed by atoms with Gasteiger partial charge in [0.2, 0.25) is 11.8 Å². The molecule has 6 nitrogen and oxygen atoms in total. The lowest BCUT2D eigenvalue weighted by molar-refractivity contribution is -0.131. The summed E-state index contributed by atoms with van der Waals surface area (Å²) in [5.74, 6) is 0.326. The van der Waals surface area contributed by atoms with Crippen molar-refractivity contribution in [1.29, 1.82) is 0 Å². The second kappa shape index (κ2) is 8.40. The molecule has 3 aliphatic heterocycles. The summed E-state index contributed by atoms with van der Waals surface area (Å²) in [6, 6.07) is 9.80. The van der Waals surface area contributed by atoms with Gasteiger partial charge in [0.05, 0.1) is 24.5 Å². The van der Waals surface area contributed by atoms with Crippen LogP contribution in [0.3, 0.4) is 0 Å². The molecular formula is C21H28N2O4. The first-order valence-corrected chi connectivity index (χ1v) is 10.0. The van der Waals surface area contributed by atoms with Gasteiger partial charge in [0.15, 0.2) is 0 Å². The Morgan fingerprint density at radius 3 is 2.63 bits per heavy atom. The number of hydrogen-bond acceptors (Lipinski definition) is 4. The first-order chi connectivity index (χ1) is 13.2. The van der Waals surface area contributed by atoms with E-state index in [0.717, 1.165) is 38.0 Å². The van der Waals surface area contributed by atoms with Gasteiger partial charge in [0.1, 0.15) is 0 Å². The number of ether oxygens (including phenoxy) is 2. The highest BCUT2D eigenvalue weighted by Gasteiger charge is 2.50. The fourth-order valence-electron chi connectivity index (χ4n) is 4.49. The van der Waals surface area contributed by atoms with Gasteiger partial charge in [-0.1, -0.05) is 30.3 Å². The zero-order valence-corrected chi connectivity index (χ0v) is 15.6. The van der Waals surface area contributed by atoms with E-state index in [9.17, 15) is 9.59 Å². The van der Waals surface area contributed by atoms with Crippen molar-refractivity contribution in [2.24, 2.45) is 11.8 Å². The Morgan fingerprint density at radius 1 is 1.07 bits per heavy atom. The van der Waals surface area contributed by atoms with Crippen LogP contribution in [-0.2, 0) is 25.5 Å². The third kappa shape index (κ3) is 4.17. The minimum atomic E-state index is -0.267. The minimum Gasteiger partial charge on any atom is -0.381 e. The van der Waals surface area contributed by atoms with Crippen molar-refractivity contribution in [3.63, 3.8) is 0 Å². The molecule has 3 heterocycles. The molecule has 4 rings (SSSR count). The van der Waals surface area contributed by atoms with Crippen LogP contribution < -0.4 is 5.32 Å². The van der Waals surface area contributed by atoms with E-state index in [1.54, 1.807) is 0 Å². The molecule has 6 heteroatoms. The molecule has 0 spiro atoms. The summed E-state index contributed by atoms with van der Waals surface area (Å²) in [5, 5.41) is 3.10. The van der Waals surface area contributed by atoms with Crippen molar-refractivity contribution < 1.29 is 19.1 Å². The monoisotopic (exact) mass is 372 g/mol. The average molecular weight is 372 g/mol. The number of rotatable bonds is 5. The van der Waals surface area contributed by atoms with Crippen LogP contribution in [0.2, 0.25) is 0 Å². The molecule has 2 amide bonds. The highest BCUT2D eigenvalue weighted by atomic mass is 16.5. The predicted molar refractivity (Wildman–Crippen MR) is 100 cm³/mol. The standard InChI is InChI=1S/C21H28N2O4/c24-19(12-15-4-2-1-3-5-15)23-14-17(20-18(23)8-11-27-20)21(25)22-13-16-6-9-26-10-7-16/h1-5,16-18,20H,6-14H2,(H,22,25). The van der Waals surface area contributed by atoms with Crippen LogP contribution in [0.25, 0.3) is 0 Å². The fourth-order valence-corrected chi connectivity index (χ4v) is 4.49. The lowest BCUT2D eigenvalue weighted by Gasteiger charge is -2.23. The Hall–Kier alpha value is -1.92. The zero-order valence-electron chi connectivity index (χ0n) is 15.6. The molecular weight excluding hydrogens is 344 g/mol. The molecule has 0 radical (unpaired) electrons. The van der Waals surface area contributed by atoms with Crippen molar-refractivity contribution in [1.82, 2.24) is 10.2 Å². The summed E-state index contributed by atoms with van der Waals surface area (Å²) < 4.78 is 11.2.